The van der Waals surface area contributed by atoms with E-state index in [-0.39, 0.29) is 25.4 Å². The molecule has 10 nitrogen and oxygen atoms in total. The molecule has 2 rings (SSSR count). The molecule has 2 N–H and O–H groups in total. The van der Waals surface area contributed by atoms with E-state index in [4.69, 9.17) is 18.9 Å². The van der Waals surface area contributed by atoms with Crippen LogP contribution in [0.5, 0.6) is 5.75 Å². The van der Waals surface area contributed by atoms with Gasteiger partial charge in [0.2, 0.25) is 0 Å². The van der Waals surface area contributed by atoms with Crippen molar-refractivity contribution in [1.82, 2.24) is 10.6 Å². The van der Waals surface area contributed by atoms with E-state index >= 15 is 0 Å². The summed E-state index contributed by atoms with van der Waals surface area (Å²) in [5.41, 5.74) is 0.815. The van der Waals surface area contributed by atoms with Crippen molar-refractivity contribution in [2.24, 2.45) is 0 Å². The number of benzene rings is 1. The van der Waals surface area contributed by atoms with Gasteiger partial charge in [0.1, 0.15) is 11.8 Å². The minimum absolute atomic E-state index is 0.176. The normalized spacial score (nSPS) is 17.3. The molecule has 0 saturated carbocycles. The molecule has 1 heterocycles. The van der Waals surface area contributed by atoms with Gasteiger partial charge in [-0.25, -0.2) is 4.79 Å². The molecule has 1 aromatic carbocycles. The van der Waals surface area contributed by atoms with Crippen LogP contribution in [0.3, 0.4) is 0 Å². The van der Waals surface area contributed by atoms with E-state index in [1.54, 1.807) is 26.0 Å². The number of unbranched alkanes of at least 4 members (excludes halogenated alkanes) is 1. The molecule has 188 valence electrons. The Morgan fingerprint density at radius 2 is 1.59 bits per heavy atom. The molecule has 1 aromatic rings. The van der Waals surface area contributed by atoms with Gasteiger partial charge in [-0.3, -0.25) is 14.4 Å². The lowest BCUT2D eigenvalue weighted by molar-refractivity contribution is -0.147. The zero-order valence-corrected chi connectivity index (χ0v) is 20.0. The highest BCUT2D eigenvalue weighted by molar-refractivity contribution is 5.96. The zero-order chi connectivity index (χ0) is 24.9. The number of hydrogen-bond acceptors (Lipinski definition) is 8. The van der Waals surface area contributed by atoms with Gasteiger partial charge in [-0.1, -0.05) is 12.1 Å². The minimum atomic E-state index is -0.961. The number of esters is 2. The lowest BCUT2D eigenvalue weighted by Gasteiger charge is -2.17. The van der Waals surface area contributed by atoms with E-state index in [0.29, 0.717) is 38.3 Å². The molecule has 1 aliphatic heterocycles. The number of nitrogens with one attached hydrogen (secondary N) is 2. The summed E-state index contributed by atoms with van der Waals surface area (Å²) < 4.78 is 20.6. The molecule has 0 radical (unpaired) electrons. The minimum Gasteiger partial charge on any atom is -0.494 e. The van der Waals surface area contributed by atoms with Crippen LogP contribution in [-0.2, 0) is 39.8 Å². The monoisotopic (exact) mass is 478 g/mol. The smallest absolute Gasteiger partial charge is 0.328 e. The van der Waals surface area contributed by atoms with E-state index in [2.05, 4.69) is 10.6 Å². The fourth-order valence-electron chi connectivity index (χ4n) is 3.26. The number of carbonyl (C=O) groups excluding carboxylic acids is 4. The number of epoxide rings is 1. The third-order valence-electron chi connectivity index (χ3n) is 4.98. The highest BCUT2D eigenvalue weighted by Gasteiger charge is 2.50. The van der Waals surface area contributed by atoms with Crippen molar-refractivity contribution in [3.63, 3.8) is 0 Å². The Labute approximate surface area is 199 Å². The van der Waals surface area contributed by atoms with E-state index in [1.165, 1.54) is 0 Å². The largest absolute Gasteiger partial charge is 0.494 e. The summed E-state index contributed by atoms with van der Waals surface area (Å²) in [5.74, 6) is -1.07. The molecule has 3 atom stereocenters. The SMILES string of the molecule is CCOC(=O)CCCCNC(=O)[C@H]1O[C@@H]1C(=O)N[C@@H](Cc1ccc(OCC)cc1)C(=O)OCC. The average molecular weight is 479 g/mol. The molecular formula is C24H34N2O8. The molecule has 10 heteroatoms. The molecule has 34 heavy (non-hydrogen) atoms. The van der Waals surface area contributed by atoms with E-state index in [9.17, 15) is 19.2 Å². The van der Waals surface area contributed by atoms with Crippen LogP contribution in [0.4, 0.5) is 0 Å². The van der Waals surface area contributed by atoms with Gasteiger partial charge in [0.05, 0.1) is 19.8 Å². The van der Waals surface area contributed by atoms with Gasteiger partial charge >= 0.3 is 11.9 Å². The standard InChI is InChI=1S/C24H34N2O8/c1-4-31-17-12-10-16(11-13-17)15-18(24(30)33-6-3)26-23(29)21-20(34-21)22(28)25-14-8-7-9-19(27)32-5-2/h10-13,18,20-21H,4-9,14-15H2,1-3H3,(H,25,28)(H,26,29)/t18-,20-,21-/m0/s1. The average Bonchev–Trinajstić information content (AvgIpc) is 3.61. The van der Waals surface area contributed by atoms with Gasteiger partial charge in [0.25, 0.3) is 11.8 Å². The summed E-state index contributed by atoms with van der Waals surface area (Å²) in [5, 5.41) is 5.32. The Morgan fingerprint density at radius 3 is 2.24 bits per heavy atom. The van der Waals surface area contributed by atoms with Crippen LogP contribution in [0.1, 0.15) is 45.6 Å². The third kappa shape index (κ3) is 9.01. The summed E-state index contributed by atoms with van der Waals surface area (Å²) in [6, 6.07) is 6.30. The summed E-state index contributed by atoms with van der Waals surface area (Å²) in [7, 11) is 0. The Kier molecular flexibility index (Phi) is 11.3. The summed E-state index contributed by atoms with van der Waals surface area (Å²) in [6.07, 6.45) is -0.169. The second-order valence-electron chi connectivity index (χ2n) is 7.62. The van der Waals surface area contributed by atoms with Crippen molar-refractivity contribution < 1.29 is 38.1 Å². The second kappa shape index (κ2) is 14.2. The predicted octanol–water partition coefficient (Wildman–Crippen LogP) is 1.29. The first-order chi connectivity index (χ1) is 16.4. The molecule has 0 bridgehead atoms. The maximum Gasteiger partial charge on any atom is 0.328 e. The predicted molar refractivity (Wildman–Crippen MR) is 122 cm³/mol. The van der Waals surface area contributed by atoms with Gasteiger partial charge in [-0.05, 0) is 51.3 Å². The fraction of sp³-hybridized carbons (Fsp3) is 0.583. The van der Waals surface area contributed by atoms with Gasteiger partial charge in [-0.15, -0.1) is 0 Å². The number of hydrogen-bond donors (Lipinski definition) is 2. The Balaban J connectivity index is 1.80. The molecule has 0 aromatic heterocycles. The van der Waals surface area contributed by atoms with E-state index < -0.39 is 36.0 Å². The first-order valence-electron chi connectivity index (χ1n) is 11.7. The van der Waals surface area contributed by atoms with Gasteiger partial charge < -0.3 is 29.6 Å². The van der Waals surface area contributed by atoms with Gasteiger partial charge in [0, 0.05) is 19.4 Å². The highest BCUT2D eigenvalue weighted by atomic mass is 16.6. The van der Waals surface area contributed by atoms with Gasteiger partial charge in [-0.2, -0.15) is 0 Å². The topological polar surface area (TPSA) is 133 Å². The van der Waals surface area contributed by atoms with Crippen LogP contribution in [0.25, 0.3) is 0 Å². The van der Waals surface area contributed by atoms with Crippen LogP contribution in [0.2, 0.25) is 0 Å². The molecule has 0 spiro atoms. The fourth-order valence-corrected chi connectivity index (χ4v) is 3.26. The maximum atomic E-state index is 12.6. The summed E-state index contributed by atoms with van der Waals surface area (Å²) in [6.45, 7) is 6.74. The molecular weight excluding hydrogens is 444 g/mol. The van der Waals surface area contributed by atoms with Gasteiger partial charge in [0.15, 0.2) is 12.2 Å². The van der Waals surface area contributed by atoms with Crippen molar-refractivity contribution in [2.75, 3.05) is 26.4 Å². The maximum absolute atomic E-state index is 12.6. The van der Waals surface area contributed by atoms with Crippen LogP contribution < -0.4 is 15.4 Å². The first kappa shape index (κ1) is 27.1. The highest BCUT2D eigenvalue weighted by Crippen LogP contribution is 2.23. The summed E-state index contributed by atoms with van der Waals surface area (Å²) >= 11 is 0. The third-order valence-corrected chi connectivity index (χ3v) is 4.98. The quantitative estimate of drug-likeness (QED) is 0.219. The lowest BCUT2D eigenvalue weighted by atomic mass is 10.1. The van der Waals surface area contributed by atoms with Crippen molar-refractivity contribution >= 4 is 23.8 Å². The van der Waals surface area contributed by atoms with Crippen molar-refractivity contribution in [3.05, 3.63) is 29.8 Å². The van der Waals surface area contributed by atoms with Crippen LogP contribution in [0.15, 0.2) is 24.3 Å². The van der Waals surface area contributed by atoms with Crippen LogP contribution in [0, 0.1) is 0 Å². The zero-order valence-electron chi connectivity index (χ0n) is 20.0. The molecule has 2 amide bonds. The molecule has 1 aliphatic rings. The number of rotatable bonds is 15. The Hall–Kier alpha value is -3.14. The Morgan fingerprint density at radius 1 is 0.912 bits per heavy atom. The number of ether oxygens (including phenoxy) is 4. The van der Waals surface area contributed by atoms with Crippen molar-refractivity contribution in [3.8, 4) is 5.75 Å². The second-order valence-corrected chi connectivity index (χ2v) is 7.62. The van der Waals surface area contributed by atoms with Crippen LogP contribution >= 0.6 is 0 Å². The first-order valence-corrected chi connectivity index (χ1v) is 11.7. The van der Waals surface area contributed by atoms with Crippen molar-refractivity contribution in [1.29, 1.82) is 0 Å². The van der Waals surface area contributed by atoms with E-state index in [1.807, 2.05) is 19.1 Å². The Bertz CT molecular complexity index is 827. The van der Waals surface area contributed by atoms with Crippen molar-refractivity contribution in [2.45, 2.75) is 64.7 Å². The molecule has 1 saturated heterocycles. The molecule has 0 unspecified atom stereocenters. The summed E-state index contributed by atoms with van der Waals surface area (Å²) in [4.78, 5) is 48.5. The van der Waals surface area contributed by atoms with Crippen LogP contribution in [-0.4, -0.2) is 68.4 Å². The lowest BCUT2D eigenvalue weighted by Crippen LogP contribution is -2.46. The number of carbonyl (C=O) groups is 4. The number of amides is 2. The van der Waals surface area contributed by atoms with E-state index in [0.717, 1.165) is 5.56 Å². The molecule has 1 fully saturated rings. The molecule has 0 aliphatic carbocycles.